The summed E-state index contributed by atoms with van der Waals surface area (Å²) in [6.07, 6.45) is 7.59. The Balaban J connectivity index is 1.46. The summed E-state index contributed by atoms with van der Waals surface area (Å²) >= 11 is 0. The minimum atomic E-state index is -0.469. The van der Waals surface area contributed by atoms with Crippen LogP contribution >= 0.6 is 0 Å². The second kappa shape index (κ2) is 7.91. The molecule has 0 atom stereocenters. The number of aromatic amines is 2. The fraction of sp³-hybridized carbons (Fsp3) is 0.0435. The van der Waals surface area contributed by atoms with Crippen LogP contribution in [-0.2, 0) is 6.42 Å². The van der Waals surface area contributed by atoms with Gasteiger partial charge in [0, 0.05) is 29.8 Å². The number of hydrogen-bond acceptors (Lipinski definition) is 4. The van der Waals surface area contributed by atoms with Crippen LogP contribution in [0, 0.1) is 11.6 Å². The van der Waals surface area contributed by atoms with E-state index in [0.29, 0.717) is 34.7 Å². The zero-order chi connectivity index (χ0) is 21.2. The Morgan fingerprint density at radius 1 is 0.935 bits per heavy atom. The molecule has 0 amide bonds. The molecule has 2 N–H and O–H groups in total. The van der Waals surface area contributed by atoms with Crippen molar-refractivity contribution in [1.29, 1.82) is 0 Å². The molecule has 0 saturated heterocycles. The van der Waals surface area contributed by atoms with Crippen LogP contribution in [0.4, 0.5) is 8.78 Å². The second-order valence-corrected chi connectivity index (χ2v) is 7.02. The number of rotatable bonds is 5. The third kappa shape index (κ3) is 3.95. The van der Waals surface area contributed by atoms with Crippen molar-refractivity contribution < 1.29 is 8.78 Å². The lowest BCUT2D eigenvalue weighted by atomic mass is 10.1. The van der Waals surface area contributed by atoms with Crippen LogP contribution < -0.4 is 0 Å². The lowest BCUT2D eigenvalue weighted by Gasteiger charge is -1.99. The number of hydrogen-bond donors (Lipinski definition) is 2. The molecule has 0 aliphatic carbocycles. The standard InChI is InChI=1S/C23H16F2N6/c24-17-6-3-14(4-7-17)5-8-20-18-11-16(12-19(25)22(18)30-28-20)23-27-21(29-31-23)10-15-2-1-9-26-13-15/h1-9,11-13H,10H2,(H,28,30)(H,27,29,31). The van der Waals surface area contributed by atoms with Crippen molar-refractivity contribution in [3.05, 3.63) is 95.2 Å². The van der Waals surface area contributed by atoms with Crippen LogP contribution in [0.2, 0.25) is 0 Å². The molecule has 0 unspecified atom stereocenters. The molecule has 31 heavy (non-hydrogen) atoms. The number of fused-ring (bicyclic) bond motifs is 1. The summed E-state index contributed by atoms with van der Waals surface area (Å²) in [5.41, 5.74) is 3.21. The molecule has 5 rings (SSSR count). The predicted molar refractivity (Wildman–Crippen MR) is 114 cm³/mol. The van der Waals surface area contributed by atoms with E-state index in [0.717, 1.165) is 11.1 Å². The van der Waals surface area contributed by atoms with Crippen LogP contribution in [0.5, 0.6) is 0 Å². The zero-order valence-electron chi connectivity index (χ0n) is 16.2. The fourth-order valence-electron chi connectivity index (χ4n) is 3.30. The molecule has 3 heterocycles. The van der Waals surface area contributed by atoms with E-state index in [1.54, 1.807) is 42.7 Å². The first-order valence-corrected chi connectivity index (χ1v) is 9.57. The summed E-state index contributed by atoms with van der Waals surface area (Å²) in [4.78, 5) is 8.59. The molecule has 0 aliphatic heterocycles. The molecular formula is C23H16F2N6. The summed E-state index contributed by atoms with van der Waals surface area (Å²) in [5, 5.41) is 14.7. The van der Waals surface area contributed by atoms with Crippen molar-refractivity contribution in [2.24, 2.45) is 0 Å². The predicted octanol–water partition coefficient (Wildman–Crippen LogP) is 4.78. The molecule has 5 aromatic rings. The second-order valence-electron chi connectivity index (χ2n) is 7.02. The first kappa shape index (κ1) is 18.8. The molecule has 8 heteroatoms. The lowest BCUT2D eigenvalue weighted by Crippen LogP contribution is -1.91. The molecule has 0 saturated carbocycles. The summed E-state index contributed by atoms with van der Waals surface area (Å²) < 4.78 is 27.8. The highest BCUT2D eigenvalue weighted by molar-refractivity contribution is 5.92. The Bertz CT molecular complexity index is 1370. The van der Waals surface area contributed by atoms with Gasteiger partial charge in [0.1, 0.15) is 17.2 Å². The van der Waals surface area contributed by atoms with E-state index in [1.165, 1.54) is 18.2 Å². The van der Waals surface area contributed by atoms with E-state index in [1.807, 2.05) is 12.1 Å². The van der Waals surface area contributed by atoms with Gasteiger partial charge in [-0.05, 0) is 47.5 Å². The minimum absolute atomic E-state index is 0.230. The van der Waals surface area contributed by atoms with Crippen LogP contribution in [0.1, 0.15) is 22.6 Å². The summed E-state index contributed by atoms with van der Waals surface area (Å²) in [6.45, 7) is 0. The van der Waals surface area contributed by atoms with E-state index in [9.17, 15) is 8.78 Å². The van der Waals surface area contributed by atoms with Crippen LogP contribution in [0.15, 0.2) is 60.9 Å². The zero-order valence-corrected chi connectivity index (χ0v) is 16.2. The molecule has 0 aliphatic rings. The molecule has 6 nitrogen and oxygen atoms in total. The first-order chi connectivity index (χ1) is 15.2. The number of halogens is 2. The third-order valence-corrected chi connectivity index (χ3v) is 4.84. The number of H-pyrrole nitrogens is 2. The van der Waals surface area contributed by atoms with Crippen LogP contribution in [0.25, 0.3) is 34.4 Å². The highest BCUT2D eigenvalue weighted by Gasteiger charge is 2.14. The van der Waals surface area contributed by atoms with Gasteiger partial charge in [0.15, 0.2) is 11.6 Å². The Hall–Kier alpha value is -4.20. The number of nitrogens with one attached hydrogen (secondary N) is 2. The van der Waals surface area contributed by atoms with Gasteiger partial charge in [0.05, 0.1) is 5.69 Å². The van der Waals surface area contributed by atoms with Crippen molar-refractivity contribution in [2.75, 3.05) is 0 Å². The maximum atomic E-state index is 14.7. The quantitative estimate of drug-likeness (QED) is 0.433. The maximum Gasteiger partial charge on any atom is 0.181 e. The molecular weight excluding hydrogens is 398 g/mol. The SMILES string of the molecule is Fc1ccc(C=Cc2[nH]nc3c(F)cc(-c4n[nH]c(Cc5cccnc5)n4)cc23)cc1. The van der Waals surface area contributed by atoms with Crippen molar-refractivity contribution >= 4 is 23.1 Å². The molecule has 3 aromatic heterocycles. The highest BCUT2D eigenvalue weighted by atomic mass is 19.1. The summed E-state index contributed by atoms with van der Waals surface area (Å²) in [7, 11) is 0. The van der Waals surface area contributed by atoms with Gasteiger partial charge in [-0.1, -0.05) is 24.3 Å². The molecule has 2 aromatic carbocycles. The monoisotopic (exact) mass is 414 g/mol. The first-order valence-electron chi connectivity index (χ1n) is 9.57. The van der Waals surface area contributed by atoms with Gasteiger partial charge >= 0.3 is 0 Å². The molecule has 0 fully saturated rings. The van der Waals surface area contributed by atoms with E-state index < -0.39 is 5.82 Å². The van der Waals surface area contributed by atoms with Gasteiger partial charge in [-0.15, -0.1) is 0 Å². The van der Waals surface area contributed by atoms with E-state index in [2.05, 4.69) is 30.4 Å². The topological polar surface area (TPSA) is 83.1 Å². The molecule has 152 valence electrons. The largest absolute Gasteiger partial charge is 0.277 e. The number of benzene rings is 2. The van der Waals surface area contributed by atoms with Gasteiger partial charge in [0.2, 0.25) is 0 Å². The molecule has 0 bridgehead atoms. The van der Waals surface area contributed by atoms with Gasteiger partial charge in [-0.2, -0.15) is 10.2 Å². The van der Waals surface area contributed by atoms with Crippen LogP contribution in [0.3, 0.4) is 0 Å². The Morgan fingerprint density at radius 3 is 2.61 bits per heavy atom. The smallest absolute Gasteiger partial charge is 0.181 e. The average molecular weight is 414 g/mol. The van der Waals surface area contributed by atoms with Crippen molar-refractivity contribution in [3.8, 4) is 11.4 Å². The van der Waals surface area contributed by atoms with Gasteiger partial charge in [0.25, 0.3) is 0 Å². The van der Waals surface area contributed by atoms with E-state index in [-0.39, 0.29) is 11.3 Å². The highest BCUT2D eigenvalue weighted by Crippen LogP contribution is 2.27. The third-order valence-electron chi connectivity index (χ3n) is 4.84. The van der Waals surface area contributed by atoms with Crippen molar-refractivity contribution in [2.45, 2.75) is 6.42 Å². The minimum Gasteiger partial charge on any atom is -0.277 e. The van der Waals surface area contributed by atoms with Crippen molar-refractivity contribution in [3.63, 3.8) is 0 Å². The average Bonchev–Trinajstić information content (AvgIpc) is 3.41. The lowest BCUT2D eigenvalue weighted by molar-refractivity contribution is 0.627. The number of aromatic nitrogens is 6. The normalized spacial score (nSPS) is 11.5. The molecule has 0 radical (unpaired) electrons. The fourth-order valence-corrected chi connectivity index (χ4v) is 3.30. The van der Waals surface area contributed by atoms with Gasteiger partial charge in [-0.25, -0.2) is 13.8 Å². The maximum absolute atomic E-state index is 14.7. The number of pyridine rings is 1. The van der Waals surface area contributed by atoms with Gasteiger partial charge in [-0.3, -0.25) is 15.2 Å². The Labute approximate surface area is 175 Å². The number of nitrogens with zero attached hydrogens (tertiary/aromatic N) is 4. The van der Waals surface area contributed by atoms with E-state index in [4.69, 9.17) is 0 Å². The van der Waals surface area contributed by atoms with E-state index >= 15 is 0 Å². The molecule has 0 spiro atoms. The summed E-state index contributed by atoms with van der Waals surface area (Å²) in [5.74, 6) is 0.288. The van der Waals surface area contributed by atoms with Crippen LogP contribution in [-0.4, -0.2) is 30.4 Å². The Kier molecular flexibility index (Phi) is 4.80. The summed E-state index contributed by atoms with van der Waals surface area (Å²) in [6, 6.07) is 13.1. The van der Waals surface area contributed by atoms with Crippen molar-refractivity contribution in [1.82, 2.24) is 30.4 Å². The van der Waals surface area contributed by atoms with Gasteiger partial charge < -0.3 is 0 Å². The Morgan fingerprint density at radius 2 is 1.81 bits per heavy atom.